The molecule has 96 valence electrons. The second-order valence-electron chi connectivity index (χ2n) is 5.26. The smallest absolute Gasteiger partial charge is 0.195 e. The number of rotatable bonds is 3. The van der Waals surface area contributed by atoms with Crippen molar-refractivity contribution in [2.45, 2.75) is 32.6 Å². The van der Waals surface area contributed by atoms with Gasteiger partial charge in [-0.2, -0.15) is 0 Å². The fourth-order valence-electron chi connectivity index (χ4n) is 2.74. The number of para-hydroxylation sites is 1. The lowest BCUT2D eigenvalue weighted by atomic mass is 9.93. The molecule has 1 aliphatic heterocycles. The maximum atomic E-state index is 5.81. The van der Waals surface area contributed by atoms with Crippen molar-refractivity contribution in [3.05, 3.63) is 29.7 Å². The van der Waals surface area contributed by atoms with E-state index in [-0.39, 0.29) is 0 Å². The van der Waals surface area contributed by atoms with Gasteiger partial charge in [-0.15, -0.1) is 0 Å². The number of aryl methyl sites for hydroxylation is 2. The van der Waals surface area contributed by atoms with Crippen LogP contribution in [0.15, 0.2) is 22.6 Å². The lowest BCUT2D eigenvalue weighted by Gasteiger charge is -2.21. The number of oxazole rings is 1. The summed E-state index contributed by atoms with van der Waals surface area (Å²) >= 11 is 0. The molecule has 0 amide bonds. The first-order valence-corrected chi connectivity index (χ1v) is 6.88. The summed E-state index contributed by atoms with van der Waals surface area (Å²) in [6.45, 7) is 4.41. The number of hydrogen-bond donors (Lipinski definition) is 1. The molecule has 0 atom stereocenters. The summed E-state index contributed by atoms with van der Waals surface area (Å²) in [6.07, 6.45) is 4.75. The van der Waals surface area contributed by atoms with Crippen molar-refractivity contribution in [3.63, 3.8) is 0 Å². The highest BCUT2D eigenvalue weighted by atomic mass is 16.3. The Hall–Kier alpha value is -1.35. The van der Waals surface area contributed by atoms with Gasteiger partial charge < -0.3 is 9.73 Å². The number of nitrogens with zero attached hydrogens (tertiary/aromatic N) is 1. The number of benzene rings is 1. The zero-order valence-corrected chi connectivity index (χ0v) is 10.9. The molecule has 1 aromatic carbocycles. The molecule has 2 aromatic rings. The predicted octanol–water partition coefficient (Wildman–Crippen LogP) is 3.07. The van der Waals surface area contributed by atoms with Crippen molar-refractivity contribution in [2.24, 2.45) is 5.92 Å². The summed E-state index contributed by atoms with van der Waals surface area (Å²) in [4.78, 5) is 4.61. The molecule has 3 rings (SSSR count). The summed E-state index contributed by atoms with van der Waals surface area (Å²) < 4.78 is 5.81. The molecule has 18 heavy (non-hydrogen) atoms. The summed E-state index contributed by atoms with van der Waals surface area (Å²) in [5, 5.41) is 3.40. The fraction of sp³-hybridized carbons (Fsp3) is 0.533. The van der Waals surface area contributed by atoms with Gasteiger partial charge in [0.05, 0.1) is 0 Å². The van der Waals surface area contributed by atoms with Crippen LogP contribution in [0.5, 0.6) is 0 Å². The van der Waals surface area contributed by atoms with Gasteiger partial charge in [0, 0.05) is 6.42 Å². The van der Waals surface area contributed by atoms with Crippen LogP contribution in [-0.4, -0.2) is 18.1 Å². The van der Waals surface area contributed by atoms with E-state index in [1.165, 1.54) is 24.8 Å². The van der Waals surface area contributed by atoms with Crippen molar-refractivity contribution in [1.82, 2.24) is 10.3 Å². The van der Waals surface area contributed by atoms with Crippen LogP contribution >= 0.6 is 0 Å². The van der Waals surface area contributed by atoms with E-state index in [1.807, 2.05) is 12.1 Å². The van der Waals surface area contributed by atoms with E-state index in [9.17, 15) is 0 Å². The lowest BCUT2D eigenvalue weighted by Crippen LogP contribution is -2.27. The number of fused-ring (bicyclic) bond motifs is 1. The van der Waals surface area contributed by atoms with E-state index in [0.717, 1.165) is 42.4 Å². The first-order valence-electron chi connectivity index (χ1n) is 6.88. The van der Waals surface area contributed by atoms with Gasteiger partial charge in [-0.3, -0.25) is 0 Å². The highest BCUT2D eigenvalue weighted by Gasteiger charge is 2.14. The van der Waals surface area contributed by atoms with Gasteiger partial charge in [-0.1, -0.05) is 12.1 Å². The Morgan fingerprint density at radius 1 is 1.33 bits per heavy atom. The van der Waals surface area contributed by atoms with Crippen LogP contribution in [0.1, 0.15) is 30.7 Å². The van der Waals surface area contributed by atoms with Gasteiger partial charge in [0.1, 0.15) is 5.52 Å². The van der Waals surface area contributed by atoms with Gasteiger partial charge in [0.2, 0.25) is 0 Å². The minimum atomic E-state index is 0.836. The molecule has 0 aliphatic carbocycles. The first kappa shape index (κ1) is 11.7. The Kier molecular flexibility index (Phi) is 3.33. The van der Waals surface area contributed by atoms with E-state index in [4.69, 9.17) is 4.42 Å². The van der Waals surface area contributed by atoms with Crippen molar-refractivity contribution >= 4 is 11.1 Å². The molecule has 1 N–H and O–H groups in total. The average molecular weight is 244 g/mol. The van der Waals surface area contributed by atoms with Crippen molar-refractivity contribution in [1.29, 1.82) is 0 Å². The van der Waals surface area contributed by atoms with Gasteiger partial charge in [-0.05, 0) is 56.8 Å². The van der Waals surface area contributed by atoms with Crippen LogP contribution in [0.4, 0.5) is 0 Å². The molecule has 1 saturated heterocycles. The Morgan fingerprint density at radius 2 is 2.17 bits per heavy atom. The zero-order chi connectivity index (χ0) is 12.4. The third-order valence-electron chi connectivity index (χ3n) is 3.89. The molecule has 0 spiro atoms. The maximum absolute atomic E-state index is 5.81. The summed E-state index contributed by atoms with van der Waals surface area (Å²) in [6, 6.07) is 6.12. The molecular weight excluding hydrogens is 224 g/mol. The van der Waals surface area contributed by atoms with Crippen LogP contribution in [0, 0.1) is 12.8 Å². The largest absolute Gasteiger partial charge is 0.441 e. The predicted molar refractivity (Wildman–Crippen MR) is 72.7 cm³/mol. The number of aromatic nitrogens is 1. The SMILES string of the molecule is Cc1cccc2oc(CCC3CCNCC3)nc12. The highest BCUT2D eigenvalue weighted by Crippen LogP contribution is 2.22. The van der Waals surface area contributed by atoms with Gasteiger partial charge in [-0.25, -0.2) is 4.98 Å². The second kappa shape index (κ2) is 5.11. The average Bonchev–Trinajstić information content (AvgIpc) is 2.82. The van der Waals surface area contributed by atoms with Crippen LogP contribution in [0.25, 0.3) is 11.1 Å². The van der Waals surface area contributed by atoms with E-state index in [1.54, 1.807) is 0 Å². The van der Waals surface area contributed by atoms with Crippen LogP contribution in [-0.2, 0) is 6.42 Å². The van der Waals surface area contributed by atoms with E-state index >= 15 is 0 Å². The lowest BCUT2D eigenvalue weighted by molar-refractivity contribution is 0.343. The molecule has 2 heterocycles. The third kappa shape index (κ3) is 2.41. The van der Waals surface area contributed by atoms with Gasteiger partial charge in [0.25, 0.3) is 0 Å². The number of nitrogens with one attached hydrogen (secondary N) is 1. The van der Waals surface area contributed by atoms with E-state index in [0.29, 0.717) is 0 Å². The topological polar surface area (TPSA) is 38.1 Å². The molecule has 0 radical (unpaired) electrons. The summed E-state index contributed by atoms with van der Waals surface area (Å²) in [5.41, 5.74) is 3.15. The summed E-state index contributed by atoms with van der Waals surface area (Å²) in [5.74, 6) is 1.74. The second-order valence-corrected chi connectivity index (χ2v) is 5.26. The van der Waals surface area contributed by atoms with Crippen molar-refractivity contribution in [2.75, 3.05) is 13.1 Å². The van der Waals surface area contributed by atoms with Gasteiger partial charge >= 0.3 is 0 Å². The molecule has 0 unspecified atom stereocenters. The molecule has 3 nitrogen and oxygen atoms in total. The standard InChI is InChI=1S/C15H20N2O/c1-11-3-2-4-13-15(11)17-14(18-13)6-5-12-7-9-16-10-8-12/h2-4,12,16H,5-10H2,1H3. The van der Waals surface area contributed by atoms with Gasteiger partial charge in [0.15, 0.2) is 11.5 Å². The molecule has 1 aliphatic rings. The molecular formula is C15H20N2O. The number of piperidine rings is 1. The van der Waals surface area contributed by atoms with E-state index < -0.39 is 0 Å². The van der Waals surface area contributed by atoms with Crippen molar-refractivity contribution in [3.8, 4) is 0 Å². The first-order chi connectivity index (χ1) is 8.83. The third-order valence-corrected chi connectivity index (χ3v) is 3.89. The van der Waals surface area contributed by atoms with Crippen LogP contribution in [0.2, 0.25) is 0 Å². The quantitative estimate of drug-likeness (QED) is 0.901. The Balaban J connectivity index is 1.69. The molecule has 3 heteroatoms. The highest BCUT2D eigenvalue weighted by molar-refractivity contribution is 5.76. The maximum Gasteiger partial charge on any atom is 0.195 e. The van der Waals surface area contributed by atoms with Crippen LogP contribution in [0.3, 0.4) is 0 Å². The minimum Gasteiger partial charge on any atom is -0.441 e. The normalized spacial score (nSPS) is 17.4. The molecule has 1 aromatic heterocycles. The Labute approximate surface area is 108 Å². The number of hydrogen-bond acceptors (Lipinski definition) is 3. The molecule has 0 bridgehead atoms. The zero-order valence-electron chi connectivity index (χ0n) is 10.9. The van der Waals surface area contributed by atoms with Crippen molar-refractivity contribution < 1.29 is 4.42 Å². The monoisotopic (exact) mass is 244 g/mol. The summed E-state index contributed by atoms with van der Waals surface area (Å²) in [7, 11) is 0. The molecule has 1 fully saturated rings. The van der Waals surface area contributed by atoms with Crippen LogP contribution < -0.4 is 5.32 Å². The Morgan fingerprint density at radius 3 is 2.94 bits per heavy atom. The minimum absolute atomic E-state index is 0.836. The van der Waals surface area contributed by atoms with E-state index in [2.05, 4.69) is 23.3 Å². The Bertz CT molecular complexity index is 526. The molecule has 0 saturated carbocycles. The fourth-order valence-corrected chi connectivity index (χ4v) is 2.74.